The number of amides is 2. The second kappa shape index (κ2) is 7.35. The summed E-state index contributed by atoms with van der Waals surface area (Å²) in [7, 11) is 0. The molecule has 1 aromatic heterocycles. The second-order valence-electron chi connectivity index (χ2n) is 5.20. The number of nitrogens with zero attached hydrogens (tertiary/aromatic N) is 1. The van der Waals surface area contributed by atoms with Crippen molar-refractivity contribution in [2.24, 2.45) is 0 Å². The number of aryl methyl sites for hydroxylation is 2. The molecule has 0 atom stereocenters. The van der Waals surface area contributed by atoms with Crippen LogP contribution in [0.2, 0.25) is 0 Å². The van der Waals surface area contributed by atoms with E-state index in [2.05, 4.69) is 22.2 Å². The minimum absolute atomic E-state index is 0.192. The Morgan fingerprint density at radius 2 is 1.96 bits per heavy atom. The Bertz CT molecular complexity index is 754. The Balaban J connectivity index is 2.18. The Labute approximate surface area is 135 Å². The van der Waals surface area contributed by atoms with Crippen molar-refractivity contribution >= 4 is 17.5 Å². The molecule has 0 spiro atoms. The minimum atomic E-state index is -0.350. The first-order chi connectivity index (χ1) is 11.0. The van der Waals surface area contributed by atoms with E-state index in [1.54, 1.807) is 12.1 Å². The number of pyridine rings is 1. The van der Waals surface area contributed by atoms with Crippen molar-refractivity contribution in [3.05, 3.63) is 71.6 Å². The molecular formula is C18H19N3O2. The van der Waals surface area contributed by atoms with Gasteiger partial charge in [-0.15, -0.1) is 6.58 Å². The Hall–Kier alpha value is -2.95. The fraction of sp³-hybridized carbons (Fsp3) is 0.167. The number of carbonyl (C=O) groups excluding carboxylic acids is 2. The highest BCUT2D eigenvalue weighted by atomic mass is 16.2. The van der Waals surface area contributed by atoms with Crippen molar-refractivity contribution < 1.29 is 9.59 Å². The first-order valence-electron chi connectivity index (χ1n) is 7.25. The van der Waals surface area contributed by atoms with E-state index in [-0.39, 0.29) is 17.5 Å². The summed E-state index contributed by atoms with van der Waals surface area (Å²) in [6, 6.07) is 8.85. The highest BCUT2D eigenvalue weighted by molar-refractivity contribution is 6.05. The van der Waals surface area contributed by atoms with Crippen LogP contribution in [0.5, 0.6) is 0 Å². The van der Waals surface area contributed by atoms with Gasteiger partial charge in [0.25, 0.3) is 11.8 Å². The largest absolute Gasteiger partial charge is 0.349 e. The lowest BCUT2D eigenvalue weighted by Gasteiger charge is -2.09. The number of nitrogens with one attached hydrogen (secondary N) is 2. The third-order valence-electron chi connectivity index (χ3n) is 3.30. The molecule has 5 nitrogen and oxygen atoms in total. The first-order valence-corrected chi connectivity index (χ1v) is 7.25. The maximum absolute atomic E-state index is 12.3. The van der Waals surface area contributed by atoms with Crippen molar-refractivity contribution in [3.8, 4) is 0 Å². The van der Waals surface area contributed by atoms with E-state index in [1.165, 1.54) is 12.3 Å². The van der Waals surface area contributed by atoms with Crippen molar-refractivity contribution in [2.75, 3.05) is 11.9 Å². The zero-order valence-corrected chi connectivity index (χ0v) is 13.2. The second-order valence-corrected chi connectivity index (χ2v) is 5.20. The van der Waals surface area contributed by atoms with Crippen LogP contribution < -0.4 is 10.6 Å². The standard InChI is InChI=1S/C18H19N3O2/c1-4-8-20-17(22)14-7-9-19-16(11-14)18(23)21-15-10-12(2)5-6-13(15)3/h4-7,9-11H,1,8H2,2-3H3,(H,20,22)(H,21,23). The topological polar surface area (TPSA) is 71.1 Å². The summed E-state index contributed by atoms with van der Waals surface area (Å²) in [5.41, 5.74) is 3.32. The van der Waals surface area contributed by atoms with Gasteiger partial charge in [-0.1, -0.05) is 18.2 Å². The van der Waals surface area contributed by atoms with Crippen molar-refractivity contribution in [3.63, 3.8) is 0 Å². The van der Waals surface area contributed by atoms with E-state index in [9.17, 15) is 9.59 Å². The molecule has 2 N–H and O–H groups in total. The van der Waals surface area contributed by atoms with Gasteiger partial charge in [0.2, 0.25) is 0 Å². The van der Waals surface area contributed by atoms with Crippen LogP contribution in [-0.2, 0) is 0 Å². The molecule has 5 heteroatoms. The average molecular weight is 309 g/mol. The number of hydrogen-bond acceptors (Lipinski definition) is 3. The van der Waals surface area contributed by atoms with E-state index in [0.717, 1.165) is 16.8 Å². The molecule has 0 saturated carbocycles. The van der Waals surface area contributed by atoms with Gasteiger partial charge in [-0.2, -0.15) is 0 Å². The third kappa shape index (κ3) is 4.26. The SMILES string of the molecule is C=CCNC(=O)c1ccnc(C(=O)Nc2cc(C)ccc2C)c1. The highest BCUT2D eigenvalue weighted by Crippen LogP contribution is 2.17. The fourth-order valence-electron chi connectivity index (χ4n) is 2.02. The molecule has 118 valence electrons. The van der Waals surface area contributed by atoms with E-state index < -0.39 is 0 Å². The van der Waals surface area contributed by atoms with Gasteiger partial charge >= 0.3 is 0 Å². The zero-order valence-electron chi connectivity index (χ0n) is 13.2. The van der Waals surface area contributed by atoms with Crippen LogP contribution in [0.15, 0.2) is 49.2 Å². The van der Waals surface area contributed by atoms with E-state index in [0.29, 0.717) is 12.1 Å². The summed E-state index contributed by atoms with van der Waals surface area (Å²) in [5.74, 6) is -0.620. The Morgan fingerprint density at radius 3 is 2.70 bits per heavy atom. The molecule has 1 heterocycles. The van der Waals surface area contributed by atoms with Gasteiger partial charge in [0.1, 0.15) is 5.69 Å². The van der Waals surface area contributed by atoms with E-state index in [1.807, 2.05) is 32.0 Å². The summed E-state index contributed by atoms with van der Waals surface area (Å²) in [5, 5.41) is 5.49. The minimum Gasteiger partial charge on any atom is -0.349 e. The highest BCUT2D eigenvalue weighted by Gasteiger charge is 2.12. The van der Waals surface area contributed by atoms with Gasteiger partial charge in [-0.3, -0.25) is 14.6 Å². The smallest absolute Gasteiger partial charge is 0.274 e. The van der Waals surface area contributed by atoms with E-state index >= 15 is 0 Å². The molecule has 0 radical (unpaired) electrons. The maximum Gasteiger partial charge on any atom is 0.274 e. The predicted octanol–water partition coefficient (Wildman–Crippen LogP) is 2.87. The number of carbonyl (C=O) groups is 2. The summed E-state index contributed by atoms with van der Waals surface area (Å²) >= 11 is 0. The molecule has 0 bridgehead atoms. The molecule has 0 aliphatic rings. The number of aromatic nitrogens is 1. The molecule has 1 aromatic carbocycles. The number of hydrogen-bond donors (Lipinski definition) is 2. The maximum atomic E-state index is 12.3. The molecule has 0 fully saturated rings. The van der Waals surface area contributed by atoms with Crippen LogP contribution in [0.25, 0.3) is 0 Å². The van der Waals surface area contributed by atoms with Crippen molar-refractivity contribution in [2.45, 2.75) is 13.8 Å². The lowest BCUT2D eigenvalue weighted by Crippen LogP contribution is -2.24. The molecule has 2 aromatic rings. The first kappa shape index (κ1) is 16.4. The predicted molar refractivity (Wildman–Crippen MR) is 90.6 cm³/mol. The molecule has 0 aliphatic heterocycles. The van der Waals surface area contributed by atoms with Gasteiger partial charge in [-0.25, -0.2) is 0 Å². The molecule has 0 aliphatic carbocycles. The lowest BCUT2D eigenvalue weighted by atomic mass is 10.1. The summed E-state index contributed by atoms with van der Waals surface area (Å²) in [6.45, 7) is 7.78. The van der Waals surface area contributed by atoms with Gasteiger partial charge in [0, 0.05) is 24.0 Å². The number of rotatable bonds is 5. The molecule has 2 amide bonds. The van der Waals surface area contributed by atoms with Crippen LogP contribution in [0.1, 0.15) is 32.0 Å². The molecule has 0 unspecified atom stereocenters. The van der Waals surface area contributed by atoms with Crippen LogP contribution in [0, 0.1) is 13.8 Å². The lowest BCUT2D eigenvalue weighted by molar-refractivity contribution is 0.0958. The fourth-order valence-corrected chi connectivity index (χ4v) is 2.02. The number of benzene rings is 1. The molecule has 2 rings (SSSR count). The van der Waals surface area contributed by atoms with Crippen molar-refractivity contribution in [1.82, 2.24) is 10.3 Å². The quantitative estimate of drug-likeness (QED) is 0.834. The van der Waals surface area contributed by atoms with E-state index in [4.69, 9.17) is 0 Å². The zero-order chi connectivity index (χ0) is 16.8. The molecular weight excluding hydrogens is 290 g/mol. The van der Waals surface area contributed by atoms with Gasteiger partial charge < -0.3 is 10.6 Å². The van der Waals surface area contributed by atoms with Crippen LogP contribution in [0.4, 0.5) is 5.69 Å². The van der Waals surface area contributed by atoms with Gasteiger partial charge in [0.15, 0.2) is 0 Å². The van der Waals surface area contributed by atoms with Crippen LogP contribution >= 0.6 is 0 Å². The van der Waals surface area contributed by atoms with Gasteiger partial charge in [0.05, 0.1) is 0 Å². The average Bonchev–Trinajstić information content (AvgIpc) is 2.56. The molecule has 0 saturated heterocycles. The Kier molecular flexibility index (Phi) is 5.25. The monoisotopic (exact) mass is 309 g/mol. The summed E-state index contributed by atoms with van der Waals surface area (Å²) in [6.07, 6.45) is 3.04. The molecule has 23 heavy (non-hydrogen) atoms. The van der Waals surface area contributed by atoms with Gasteiger partial charge in [-0.05, 0) is 43.2 Å². The number of anilines is 1. The Morgan fingerprint density at radius 1 is 1.17 bits per heavy atom. The third-order valence-corrected chi connectivity index (χ3v) is 3.30. The normalized spacial score (nSPS) is 10.0. The van der Waals surface area contributed by atoms with Crippen molar-refractivity contribution in [1.29, 1.82) is 0 Å². The summed E-state index contributed by atoms with van der Waals surface area (Å²) in [4.78, 5) is 28.3. The van der Waals surface area contributed by atoms with Crippen LogP contribution in [0.3, 0.4) is 0 Å². The van der Waals surface area contributed by atoms with Crippen LogP contribution in [-0.4, -0.2) is 23.3 Å². The summed E-state index contributed by atoms with van der Waals surface area (Å²) < 4.78 is 0.